The summed E-state index contributed by atoms with van der Waals surface area (Å²) in [6.45, 7) is 1.42. The van der Waals surface area contributed by atoms with Crippen LogP contribution in [0.5, 0.6) is 0 Å². The van der Waals surface area contributed by atoms with Crippen LogP contribution < -0.4 is 0 Å². The minimum absolute atomic E-state index is 0.0457. The number of rotatable bonds is 1. The molecule has 5 atom stereocenters. The van der Waals surface area contributed by atoms with Crippen LogP contribution in [0.15, 0.2) is 24.3 Å². The van der Waals surface area contributed by atoms with Crippen molar-refractivity contribution in [2.24, 2.45) is 23.7 Å². The molecule has 0 heterocycles. The van der Waals surface area contributed by atoms with Gasteiger partial charge in [-0.25, -0.2) is 0 Å². The van der Waals surface area contributed by atoms with Crippen molar-refractivity contribution < 1.29 is 14.3 Å². The lowest BCUT2D eigenvalue weighted by atomic mass is 9.74. The summed E-state index contributed by atoms with van der Waals surface area (Å²) in [5.41, 5.74) is 0. The maximum absolute atomic E-state index is 11.8. The van der Waals surface area contributed by atoms with E-state index in [9.17, 15) is 9.59 Å². The number of ketones is 1. The summed E-state index contributed by atoms with van der Waals surface area (Å²) in [6.07, 6.45) is 8.49. The van der Waals surface area contributed by atoms with Gasteiger partial charge in [-0.2, -0.15) is 0 Å². The van der Waals surface area contributed by atoms with Crippen LogP contribution in [0.25, 0.3) is 0 Å². The van der Waals surface area contributed by atoms with Crippen LogP contribution in [-0.4, -0.2) is 17.9 Å². The average Bonchev–Trinajstić information content (AvgIpc) is 2.82. The molecule has 0 aromatic carbocycles. The number of hydrogen-bond donors (Lipinski definition) is 0. The van der Waals surface area contributed by atoms with Crippen molar-refractivity contribution in [3.05, 3.63) is 24.3 Å². The summed E-state index contributed by atoms with van der Waals surface area (Å²) in [6, 6.07) is 0. The second kappa shape index (κ2) is 3.30. The zero-order chi connectivity index (χ0) is 11.3. The minimum atomic E-state index is -0.269. The lowest BCUT2D eigenvalue weighted by Crippen LogP contribution is -2.39. The molecule has 3 rings (SSSR count). The van der Waals surface area contributed by atoms with Gasteiger partial charge in [-0.15, -0.1) is 0 Å². The minimum Gasteiger partial charge on any atom is -0.458 e. The standard InChI is InChI=1S/C13H14O3/c1-7(14)16-11-5-4-10(15)12-8-2-3-9(6-8)13(11)12/h2-5,8-9,11-13H,6H2,1H3/t8-,9+,11-,12?,13?/m1/s1. The molecule has 0 spiro atoms. The maximum atomic E-state index is 11.8. The van der Waals surface area contributed by atoms with E-state index in [1.807, 2.05) is 0 Å². The van der Waals surface area contributed by atoms with Crippen molar-refractivity contribution in [3.8, 4) is 0 Å². The summed E-state index contributed by atoms with van der Waals surface area (Å²) < 4.78 is 5.29. The number of ether oxygens (including phenoxy) is 1. The van der Waals surface area contributed by atoms with E-state index >= 15 is 0 Å². The van der Waals surface area contributed by atoms with Crippen molar-refractivity contribution in [1.82, 2.24) is 0 Å². The SMILES string of the molecule is CC(=O)O[C@@H]1C=CC(=O)C2C1[C@H]1C=C[C@@H]2C1. The Bertz CT molecular complexity index is 407. The highest BCUT2D eigenvalue weighted by molar-refractivity contribution is 5.94. The molecule has 0 aromatic heterocycles. The van der Waals surface area contributed by atoms with Gasteiger partial charge in [-0.1, -0.05) is 12.2 Å². The van der Waals surface area contributed by atoms with Gasteiger partial charge in [-0.3, -0.25) is 9.59 Å². The van der Waals surface area contributed by atoms with Crippen molar-refractivity contribution in [2.45, 2.75) is 19.4 Å². The van der Waals surface area contributed by atoms with Crippen molar-refractivity contribution in [3.63, 3.8) is 0 Å². The molecule has 16 heavy (non-hydrogen) atoms. The molecule has 1 fully saturated rings. The molecule has 0 aliphatic heterocycles. The summed E-state index contributed by atoms with van der Waals surface area (Å²) in [4.78, 5) is 22.9. The highest BCUT2D eigenvalue weighted by Crippen LogP contribution is 2.52. The lowest BCUT2D eigenvalue weighted by molar-refractivity contribution is -0.149. The fraction of sp³-hybridized carbons (Fsp3) is 0.538. The normalized spacial score (nSPS) is 43.6. The Labute approximate surface area is 94.2 Å². The molecular weight excluding hydrogens is 204 g/mol. The number of fused-ring (bicyclic) bond motifs is 5. The molecule has 3 aliphatic rings. The second-order valence-corrected chi connectivity index (χ2v) is 4.89. The smallest absolute Gasteiger partial charge is 0.303 e. The second-order valence-electron chi connectivity index (χ2n) is 4.89. The van der Waals surface area contributed by atoms with E-state index in [0.717, 1.165) is 6.42 Å². The van der Waals surface area contributed by atoms with Crippen molar-refractivity contribution >= 4 is 11.8 Å². The zero-order valence-corrected chi connectivity index (χ0v) is 9.13. The predicted octanol–water partition coefficient (Wildman–Crippen LogP) is 1.50. The Balaban J connectivity index is 1.92. The van der Waals surface area contributed by atoms with E-state index in [1.54, 1.807) is 12.2 Å². The fourth-order valence-corrected chi connectivity index (χ4v) is 3.45. The Hall–Kier alpha value is -1.38. The monoisotopic (exact) mass is 218 g/mol. The third-order valence-corrected chi connectivity index (χ3v) is 3.98. The van der Waals surface area contributed by atoms with Gasteiger partial charge >= 0.3 is 5.97 Å². The molecule has 1 saturated carbocycles. The molecule has 0 radical (unpaired) electrons. The first-order chi connectivity index (χ1) is 7.66. The molecule has 0 N–H and O–H groups in total. The van der Waals surface area contributed by atoms with Crippen molar-refractivity contribution in [1.29, 1.82) is 0 Å². The summed E-state index contributed by atoms with van der Waals surface area (Å²) >= 11 is 0. The first kappa shape index (κ1) is 9.82. The Morgan fingerprint density at radius 2 is 2.06 bits per heavy atom. The molecular formula is C13H14O3. The molecule has 2 bridgehead atoms. The number of carbonyl (C=O) groups excluding carboxylic acids is 2. The molecule has 3 nitrogen and oxygen atoms in total. The first-order valence-electron chi connectivity index (χ1n) is 5.74. The third kappa shape index (κ3) is 1.27. The summed E-state index contributed by atoms with van der Waals surface area (Å²) in [5.74, 6) is 0.930. The number of hydrogen-bond acceptors (Lipinski definition) is 3. The van der Waals surface area contributed by atoms with E-state index in [4.69, 9.17) is 4.74 Å². The molecule has 0 saturated heterocycles. The van der Waals surface area contributed by atoms with Crippen LogP contribution in [0.3, 0.4) is 0 Å². The zero-order valence-electron chi connectivity index (χ0n) is 9.13. The molecule has 0 amide bonds. The van der Waals surface area contributed by atoms with Crippen LogP contribution in [0.1, 0.15) is 13.3 Å². The van der Waals surface area contributed by atoms with Gasteiger partial charge in [0.2, 0.25) is 0 Å². The number of allylic oxidation sites excluding steroid dienone is 3. The number of esters is 1. The summed E-state index contributed by atoms with van der Waals surface area (Å²) in [7, 11) is 0. The Kier molecular flexibility index (Phi) is 2.03. The molecule has 3 heteroatoms. The van der Waals surface area contributed by atoms with Gasteiger partial charge < -0.3 is 4.74 Å². The van der Waals surface area contributed by atoms with Gasteiger partial charge in [-0.05, 0) is 30.4 Å². The molecule has 3 aliphatic carbocycles. The van der Waals surface area contributed by atoms with Gasteiger partial charge in [0.05, 0.1) is 0 Å². The van der Waals surface area contributed by atoms with E-state index in [2.05, 4.69) is 12.2 Å². The van der Waals surface area contributed by atoms with E-state index in [0.29, 0.717) is 11.8 Å². The fourth-order valence-electron chi connectivity index (χ4n) is 3.45. The number of carbonyl (C=O) groups is 2. The van der Waals surface area contributed by atoms with E-state index in [-0.39, 0.29) is 29.7 Å². The quantitative estimate of drug-likeness (QED) is 0.495. The third-order valence-electron chi connectivity index (χ3n) is 3.98. The van der Waals surface area contributed by atoms with Gasteiger partial charge in [0, 0.05) is 18.8 Å². The van der Waals surface area contributed by atoms with Crippen LogP contribution >= 0.6 is 0 Å². The van der Waals surface area contributed by atoms with Crippen LogP contribution in [-0.2, 0) is 14.3 Å². The highest BCUT2D eigenvalue weighted by Gasteiger charge is 2.52. The molecule has 2 unspecified atom stereocenters. The Morgan fingerprint density at radius 1 is 1.31 bits per heavy atom. The lowest BCUT2D eigenvalue weighted by Gasteiger charge is -2.33. The molecule has 0 aromatic rings. The Morgan fingerprint density at radius 3 is 2.81 bits per heavy atom. The van der Waals surface area contributed by atoms with E-state index < -0.39 is 0 Å². The first-order valence-corrected chi connectivity index (χ1v) is 5.74. The molecule has 84 valence electrons. The average molecular weight is 218 g/mol. The maximum Gasteiger partial charge on any atom is 0.303 e. The van der Waals surface area contributed by atoms with Gasteiger partial charge in [0.15, 0.2) is 5.78 Å². The highest BCUT2D eigenvalue weighted by atomic mass is 16.5. The largest absolute Gasteiger partial charge is 0.458 e. The van der Waals surface area contributed by atoms with Gasteiger partial charge in [0.1, 0.15) is 6.10 Å². The van der Waals surface area contributed by atoms with Crippen LogP contribution in [0, 0.1) is 23.7 Å². The topological polar surface area (TPSA) is 43.4 Å². The van der Waals surface area contributed by atoms with Crippen LogP contribution in [0.4, 0.5) is 0 Å². The predicted molar refractivity (Wildman–Crippen MR) is 57.4 cm³/mol. The van der Waals surface area contributed by atoms with Crippen LogP contribution in [0.2, 0.25) is 0 Å². The summed E-state index contributed by atoms with van der Waals surface area (Å²) in [5, 5.41) is 0. The van der Waals surface area contributed by atoms with E-state index in [1.165, 1.54) is 6.92 Å². The van der Waals surface area contributed by atoms with Crippen molar-refractivity contribution in [2.75, 3.05) is 0 Å². The van der Waals surface area contributed by atoms with Gasteiger partial charge in [0.25, 0.3) is 0 Å².